The van der Waals surface area contributed by atoms with Crippen molar-refractivity contribution >= 4 is 17.9 Å². The molecule has 0 aromatic carbocycles. The van der Waals surface area contributed by atoms with Crippen LogP contribution in [0.2, 0.25) is 0 Å². The molecule has 17 heavy (non-hydrogen) atoms. The number of nitrogens with two attached hydrogens (primary N) is 1. The van der Waals surface area contributed by atoms with Crippen molar-refractivity contribution in [2.75, 3.05) is 18.9 Å². The summed E-state index contributed by atoms with van der Waals surface area (Å²) in [5, 5.41) is 11.1. The van der Waals surface area contributed by atoms with Crippen LogP contribution in [0.5, 0.6) is 0 Å². The van der Waals surface area contributed by atoms with E-state index in [0.29, 0.717) is 5.69 Å². The van der Waals surface area contributed by atoms with Crippen molar-refractivity contribution in [2.24, 2.45) is 0 Å². The molecule has 6 heteroatoms. The van der Waals surface area contributed by atoms with Crippen LogP contribution >= 0.6 is 0 Å². The fourth-order valence-electron chi connectivity index (χ4n) is 1.23. The van der Waals surface area contributed by atoms with E-state index < -0.39 is 0 Å². The van der Waals surface area contributed by atoms with Gasteiger partial charge in [0.15, 0.2) is 0 Å². The van der Waals surface area contributed by atoms with E-state index in [1.165, 1.54) is 0 Å². The van der Waals surface area contributed by atoms with E-state index in [4.69, 9.17) is 10.8 Å². The lowest BCUT2D eigenvalue weighted by Gasteiger charge is -2.04. The van der Waals surface area contributed by atoms with Crippen LogP contribution < -0.4 is 11.1 Å². The van der Waals surface area contributed by atoms with Gasteiger partial charge in [-0.3, -0.25) is 4.79 Å². The maximum atomic E-state index is 11.6. The molecular formula is C11H16N4O2. The number of aliphatic hydroxyl groups excluding tert-OH is 1. The van der Waals surface area contributed by atoms with Gasteiger partial charge in [-0.15, -0.1) is 0 Å². The Balaban J connectivity index is 2.97. The molecule has 0 bridgehead atoms. The number of carbonyl (C=O) groups is 1. The topological polar surface area (TPSA) is 101 Å². The van der Waals surface area contributed by atoms with Gasteiger partial charge in [-0.05, 0) is 26.0 Å². The first-order valence-electron chi connectivity index (χ1n) is 5.21. The van der Waals surface area contributed by atoms with Crippen molar-refractivity contribution < 1.29 is 9.90 Å². The van der Waals surface area contributed by atoms with Gasteiger partial charge in [0.05, 0.1) is 12.3 Å². The van der Waals surface area contributed by atoms with E-state index in [2.05, 4.69) is 15.3 Å². The molecule has 0 radical (unpaired) electrons. The number of aromatic nitrogens is 2. The van der Waals surface area contributed by atoms with Crippen LogP contribution in [0, 0.1) is 0 Å². The second-order valence-corrected chi connectivity index (χ2v) is 3.74. The first-order valence-corrected chi connectivity index (χ1v) is 5.21. The minimum atomic E-state index is -0.378. The van der Waals surface area contributed by atoms with Crippen molar-refractivity contribution in [3.05, 3.63) is 23.0 Å². The number of anilines is 1. The highest BCUT2D eigenvalue weighted by atomic mass is 16.3. The summed E-state index contributed by atoms with van der Waals surface area (Å²) in [7, 11) is 0. The van der Waals surface area contributed by atoms with Gasteiger partial charge in [0.25, 0.3) is 5.91 Å². The lowest BCUT2D eigenvalue weighted by atomic mass is 10.2. The number of nitrogen functional groups attached to an aromatic ring is 1. The minimum Gasteiger partial charge on any atom is -0.395 e. The molecule has 1 heterocycles. The molecule has 1 rings (SSSR count). The second kappa shape index (κ2) is 5.95. The van der Waals surface area contributed by atoms with Gasteiger partial charge in [0, 0.05) is 6.54 Å². The zero-order chi connectivity index (χ0) is 12.8. The summed E-state index contributed by atoms with van der Waals surface area (Å²) in [6.45, 7) is 3.90. The Morgan fingerprint density at radius 2 is 2.24 bits per heavy atom. The quantitative estimate of drug-likeness (QED) is 0.693. The summed E-state index contributed by atoms with van der Waals surface area (Å²) in [6, 6.07) is 1.55. The molecule has 92 valence electrons. The third-order valence-electron chi connectivity index (χ3n) is 1.83. The standard InChI is InChI=1S/C11H16N4O2/c1-7(2)5-8-6-9(15-11(12)14-8)10(17)13-3-4-16/h5-6,16H,3-4H2,1-2H3,(H,13,17)(H2,12,14,15). The Morgan fingerprint density at radius 1 is 1.53 bits per heavy atom. The first kappa shape index (κ1) is 13.1. The highest BCUT2D eigenvalue weighted by Gasteiger charge is 2.09. The SMILES string of the molecule is CC(C)=Cc1cc(C(=O)NCCO)nc(N)n1. The monoisotopic (exact) mass is 236 g/mol. The predicted molar refractivity (Wildman–Crippen MR) is 65.2 cm³/mol. The summed E-state index contributed by atoms with van der Waals surface area (Å²) in [5.74, 6) is -0.328. The molecule has 1 aromatic rings. The second-order valence-electron chi connectivity index (χ2n) is 3.74. The number of allylic oxidation sites excluding steroid dienone is 1. The van der Waals surface area contributed by atoms with Gasteiger partial charge in [-0.2, -0.15) is 0 Å². The lowest BCUT2D eigenvalue weighted by Crippen LogP contribution is -2.27. The average molecular weight is 236 g/mol. The number of rotatable bonds is 4. The van der Waals surface area contributed by atoms with Gasteiger partial charge in [-0.1, -0.05) is 5.57 Å². The number of amides is 1. The molecule has 0 atom stereocenters. The fourth-order valence-corrected chi connectivity index (χ4v) is 1.23. The molecule has 0 aliphatic rings. The van der Waals surface area contributed by atoms with E-state index in [1.54, 1.807) is 12.1 Å². The minimum absolute atomic E-state index is 0.0501. The van der Waals surface area contributed by atoms with E-state index in [1.807, 2.05) is 13.8 Å². The van der Waals surface area contributed by atoms with Gasteiger partial charge >= 0.3 is 0 Å². The van der Waals surface area contributed by atoms with E-state index in [-0.39, 0.29) is 30.7 Å². The van der Waals surface area contributed by atoms with E-state index in [0.717, 1.165) is 5.57 Å². The summed E-state index contributed by atoms with van der Waals surface area (Å²) >= 11 is 0. The zero-order valence-electron chi connectivity index (χ0n) is 9.90. The Morgan fingerprint density at radius 3 is 2.82 bits per heavy atom. The summed E-state index contributed by atoms with van der Waals surface area (Å²) < 4.78 is 0. The van der Waals surface area contributed by atoms with Gasteiger partial charge in [0.1, 0.15) is 5.69 Å². The van der Waals surface area contributed by atoms with E-state index in [9.17, 15) is 4.79 Å². The number of carbonyl (C=O) groups excluding carboxylic acids is 1. The van der Waals surface area contributed by atoms with Crippen LogP contribution in [0.15, 0.2) is 11.6 Å². The number of nitrogens with zero attached hydrogens (tertiary/aromatic N) is 2. The van der Waals surface area contributed by atoms with Crippen molar-refractivity contribution in [1.29, 1.82) is 0 Å². The van der Waals surface area contributed by atoms with E-state index >= 15 is 0 Å². The number of aliphatic hydroxyl groups is 1. The molecule has 0 saturated heterocycles. The van der Waals surface area contributed by atoms with Gasteiger partial charge in [0.2, 0.25) is 5.95 Å². The third kappa shape index (κ3) is 4.20. The smallest absolute Gasteiger partial charge is 0.270 e. The highest BCUT2D eigenvalue weighted by molar-refractivity contribution is 5.92. The van der Waals surface area contributed by atoms with Crippen LogP contribution in [0.3, 0.4) is 0 Å². The molecular weight excluding hydrogens is 220 g/mol. The molecule has 4 N–H and O–H groups in total. The van der Waals surface area contributed by atoms with Crippen LogP contribution in [-0.2, 0) is 0 Å². The van der Waals surface area contributed by atoms with Gasteiger partial charge in [-0.25, -0.2) is 9.97 Å². The Kier molecular flexibility index (Phi) is 4.59. The summed E-state index contributed by atoms with van der Waals surface area (Å²) in [6.07, 6.45) is 1.81. The normalized spacial score (nSPS) is 9.82. The molecule has 0 aliphatic carbocycles. The van der Waals surface area contributed by atoms with Crippen LogP contribution in [0.25, 0.3) is 6.08 Å². The van der Waals surface area contributed by atoms with Crippen LogP contribution in [-0.4, -0.2) is 34.1 Å². The maximum Gasteiger partial charge on any atom is 0.270 e. The molecule has 1 amide bonds. The number of hydrogen-bond acceptors (Lipinski definition) is 5. The lowest BCUT2D eigenvalue weighted by molar-refractivity contribution is 0.0939. The van der Waals surface area contributed by atoms with Crippen molar-refractivity contribution in [3.8, 4) is 0 Å². The Bertz CT molecular complexity index is 439. The molecule has 0 aliphatic heterocycles. The Labute approximate surface area is 99.6 Å². The zero-order valence-corrected chi connectivity index (χ0v) is 9.90. The fraction of sp³-hybridized carbons (Fsp3) is 0.364. The summed E-state index contributed by atoms with van der Waals surface area (Å²) in [4.78, 5) is 19.4. The largest absolute Gasteiger partial charge is 0.395 e. The molecule has 0 saturated carbocycles. The molecule has 0 fully saturated rings. The Hall–Kier alpha value is -1.95. The predicted octanol–water partition coefficient (Wildman–Crippen LogP) is 0.204. The van der Waals surface area contributed by atoms with Crippen molar-refractivity contribution in [2.45, 2.75) is 13.8 Å². The van der Waals surface area contributed by atoms with Crippen molar-refractivity contribution in [1.82, 2.24) is 15.3 Å². The average Bonchev–Trinajstić information content (AvgIpc) is 2.24. The molecule has 1 aromatic heterocycles. The molecule has 0 spiro atoms. The highest BCUT2D eigenvalue weighted by Crippen LogP contribution is 2.07. The summed E-state index contributed by atoms with van der Waals surface area (Å²) in [5.41, 5.74) is 7.35. The van der Waals surface area contributed by atoms with Gasteiger partial charge < -0.3 is 16.2 Å². The van der Waals surface area contributed by atoms with Crippen LogP contribution in [0.4, 0.5) is 5.95 Å². The maximum absolute atomic E-state index is 11.6. The first-order chi connectivity index (χ1) is 8.02. The number of hydrogen-bond donors (Lipinski definition) is 3. The number of nitrogens with one attached hydrogen (secondary N) is 1. The van der Waals surface area contributed by atoms with Crippen LogP contribution in [0.1, 0.15) is 30.0 Å². The molecule has 6 nitrogen and oxygen atoms in total. The third-order valence-corrected chi connectivity index (χ3v) is 1.83. The van der Waals surface area contributed by atoms with Crippen molar-refractivity contribution in [3.63, 3.8) is 0 Å². The molecule has 0 unspecified atom stereocenters.